The Morgan fingerprint density at radius 1 is 1.55 bits per heavy atom. The van der Waals surface area contributed by atoms with Gasteiger partial charge in [0.1, 0.15) is 5.10 Å². The average molecular weight is 314 g/mol. The molecule has 22 heavy (non-hydrogen) atoms. The Bertz CT molecular complexity index is 479. The summed E-state index contributed by atoms with van der Waals surface area (Å²) in [7, 11) is 0. The van der Waals surface area contributed by atoms with Crippen LogP contribution in [-0.4, -0.2) is 65.3 Å². The molecule has 2 aliphatic heterocycles. The topological polar surface area (TPSA) is 97.5 Å². The molecule has 1 unspecified atom stereocenters. The van der Waals surface area contributed by atoms with Gasteiger partial charge >= 0.3 is 6.09 Å². The number of hydrazone groups is 1. The monoisotopic (exact) mass is 314 g/mol. The second-order valence-corrected chi connectivity index (χ2v) is 6.08. The van der Waals surface area contributed by atoms with Crippen molar-refractivity contribution >= 4 is 12.1 Å². The minimum absolute atomic E-state index is 0.0492. The molecule has 0 N–H and O–H groups in total. The summed E-state index contributed by atoms with van der Waals surface area (Å²) in [4.78, 5) is 25.6. The number of nitro groups is 1. The molecular weight excluding hydrogens is 292 g/mol. The number of guanidine groups is 1. The largest absolute Gasteiger partial charge is 0.449 e. The van der Waals surface area contributed by atoms with Gasteiger partial charge in [0.05, 0.1) is 25.4 Å². The standard InChI is InChI=1S/C13H22N4O5/c1-4-21-12(18)16-6-5-15(11(16)14-17(19)20)8-10-7-13(2,3)22-9-10/h10H,4-9H2,1-3H3. The molecule has 0 bridgehead atoms. The molecule has 2 rings (SSSR count). The molecule has 0 aromatic heterocycles. The fraction of sp³-hybridized carbons (Fsp3) is 0.846. The third-order valence-electron chi connectivity index (χ3n) is 3.75. The maximum Gasteiger partial charge on any atom is 0.416 e. The molecule has 0 aromatic rings. The van der Waals surface area contributed by atoms with Crippen LogP contribution in [0.1, 0.15) is 27.2 Å². The zero-order chi connectivity index (χ0) is 16.3. The zero-order valence-corrected chi connectivity index (χ0v) is 13.2. The van der Waals surface area contributed by atoms with Crippen LogP contribution in [0.5, 0.6) is 0 Å². The number of nitrogens with zero attached hydrogens (tertiary/aromatic N) is 4. The van der Waals surface area contributed by atoms with Crippen molar-refractivity contribution in [3.8, 4) is 0 Å². The van der Waals surface area contributed by atoms with Crippen molar-refractivity contribution in [3.05, 3.63) is 10.1 Å². The number of amides is 1. The van der Waals surface area contributed by atoms with E-state index >= 15 is 0 Å². The summed E-state index contributed by atoms with van der Waals surface area (Å²) in [5, 5.41) is 13.3. The average Bonchev–Trinajstić information content (AvgIpc) is 2.94. The SMILES string of the molecule is CCOC(=O)N1CCN(CC2COC(C)(C)C2)C1=N[N+](=O)[O-]. The van der Waals surface area contributed by atoms with Crippen molar-refractivity contribution in [2.75, 3.05) is 32.8 Å². The predicted octanol–water partition coefficient (Wildman–Crippen LogP) is 1.12. The first-order chi connectivity index (χ1) is 10.3. The Morgan fingerprint density at radius 3 is 2.82 bits per heavy atom. The van der Waals surface area contributed by atoms with Gasteiger partial charge in [-0.3, -0.25) is 0 Å². The highest BCUT2D eigenvalue weighted by atomic mass is 16.7. The first kappa shape index (κ1) is 16.5. The lowest BCUT2D eigenvalue weighted by Crippen LogP contribution is -2.40. The van der Waals surface area contributed by atoms with E-state index in [1.165, 1.54) is 4.90 Å². The van der Waals surface area contributed by atoms with Gasteiger partial charge in [-0.05, 0) is 27.2 Å². The van der Waals surface area contributed by atoms with E-state index in [2.05, 4.69) is 5.10 Å². The van der Waals surface area contributed by atoms with E-state index in [0.29, 0.717) is 26.2 Å². The minimum atomic E-state index is -0.783. The zero-order valence-electron chi connectivity index (χ0n) is 13.2. The molecule has 0 aromatic carbocycles. The van der Waals surface area contributed by atoms with Crippen molar-refractivity contribution in [3.63, 3.8) is 0 Å². The molecule has 1 atom stereocenters. The molecule has 2 saturated heterocycles. The van der Waals surface area contributed by atoms with Gasteiger partial charge in [0, 0.05) is 19.0 Å². The van der Waals surface area contributed by atoms with Gasteiger partial charge in [-0.15, -0.1) is 0 Å². The molecule has 0 spiro atoms. The number of ether oxygens (including phenoxy) is 2. The van der Waals surface area contributed by atoms with Crippen LogP contribution in [0.4, 0.5) is 4.79 Å². The summed E-state index contributed by atoms with van der Waals surface area (Å²) < 4.78 is 10.6. The normalized spacial score (nSPS) is 25.8. The summed E-state index contributed by atoms with van der Waals surface area (Å²) >= 11 is 0. The molecule has 9 nitrogen and oxygen atoms in total. The lowest BCUT2D eigenvalue weighted by atomic mass is 9.97. The second kappa shape index (κ2) is 6.47. The predicted molar refractivity (Wildman–Crippen MR) is 77.9 cm³/mol. The fourth-order valence-electron chi connectivity index (χ4n) is 2.91. The number of carbonyl (C=O) groups is 1. The smallest absolute Gasteiger partial charge is 0.416 e. The van der Waals surface area contributed by atoms with Crippen LogP contribution in [-0.2, 0) is 9.47 Å². The molecule has 0 aliphatic carbocycles. The highest BCUT2D eigenvalue weighted by molar-refractivity contribution is 5.95. The first-order valence-corrected chi connectivity index (χ1v) is 7.38. The summed E-state index contributed by atoms with van der Waals surface area (Å²) in [6.45, 7) is 7.97. The molecule has 1 amide bonds. The van der Waals surface area contributed by atoms with Gasteiger partial charge in [-0.2, -0.15) is 0 Å². The number of hydrogen-bond donors (Lipinski definition) is 0. The molecule has 2 heterocycles. The highest BCUT2D eigenvalue weighted by Gasteiger charge is 2.39. The van der Waals surface area contributed by atoms with Crippen LogP contribution in [0, 0.1) is 16.0 Å². The van der Waals surface area contributed by atoms with E-state index < -0.39 is 11.1 Å². The van der Waals surface area contributed by atoms with E-state index in [4.69, 9.17) is 9.47 Å². The lowest BCUT2D eigenvalue weighted by molar-refractivity contribution is -0.486. The Kier molecular flexibility index (Phi) is 4.84. The number of hydrogen-bond acceptors (Lipinski definition) is 5. The maximum absolute atomic E-state index is 11.9. The van der Waals surface area contributed by atoms with Crippen molar-refractivity contribution in [2.24, 2.45) is 11.0 Å². The molecule has 124 valence electrons. The summed E-state index contributed by atoms with van der Waals surface area (Å²) in [6.07, 6.45) is 0.267. The van der Waals surface area contributed by atoms with Crippen LogP contribution in [0.2, 0.25) is 0 Å². The van der Waals surface area contributed by atoms with Crippen molar-refractivity contribution in [1.82, 2.24) is 9.80 Å². The summed E-state index contributed by atoms with van der Waals surface area (Å²) in [5.41, 5.74) is -0.175. The van der Waals surface area contributed by atoms with E-state index in [0.717, 1.165) is 6.42 Å². The molecule has 2 fully saturated rings. The highest BCUT2D eigenvalue weighted by Crippen LogP contribution is 2.30. The van der Waals surface area contributed by atoms with Crippen LogP contribution in [0.25, 0.3) is 0 Å². The van der Waals surface area contributed by atoms with Crippen molar-refractivity contribution < 1.29 is 19.3 Å². The third kappa shape index (κ3) is 3.85. The second-order valence-electron chi connectivity index (χ2n) is 6.08. The Hall–Kier alpha value is -1.90. The van der Waals surface area contributed by atoms with Gasteiger partial charge in [-0.1, -0.05) is 0 Å². The summed E-state index contributed by atoms with van der Waals surface area (Å²) in [5.74, 6) is 0.308. The Balaban J connectivity index is 2.07. The van der Waals surface area contributed by atoms with Gasteiger partial charge < -0.3 is 14.4 Å². The number of rotatable bonds is 4. The lowest BCUT2D eigenvalue weighted by Gasteiger charge is -2.22. The van der Waals surface area contributed by atoms with Crippen LogP contribution in [0.3, 0.4) is 0 Å². The Morgan fingerprint density at radius 2 is 2.27 bits per heavy atom. The quantitative estimate of drug-likeness (QED) is 0.570. The van der Waals surface area contributed by atoms with Crippen molar-refractivity contribution in [2.45, 2.75) is 32.8 Å². The van der Waals surface area contributed by atoms with Crippen LogP contribution >= 0.6 is 0 Å². The maximum atomic E-state index is 11.9. The van der Waals surface area contributed by atoms with Gasteiger partial charge in [0.25, 0.3) is 5.96 Å². The van der Waals surface area contributed by atoms with E-state index in [9.17, 15) is 14.9 Å². The number of carbonyl (C=O) groups excluding carboxylic acids is 1. The van der Waals surface area contributed by atoms with E-state index in [1.807, 2.05) is 13.8 Å². The third-order valence-corrected chi connectivity index (χ3v) is 3.75. The van der Waals surface area contributed by atoms with Gasteiger partial charge in [-0.25, -0.2) is 19.8 Å². The fourth-order valence-corrected chi connectivity index (χ4v) is 2.91. The molecule has 0 saturated carbocycles. The molecule has 2 aliphatic rings. The molecule has 9 heteroatoms. The van der Waals surface area contributed by atoms with E-state index in [1.54, 1.807) is 11.8 Å². The molecule has 0 radical (unpaired) electrons. The van der Waals surface area contributed by atoms with Gasteiger partial charge in [0.15, 0.2) is 5.03 Å². The minimum Gasteiger partial charge on any atom is -0.449 e. The first-order valence-electron chi connectivity index (χ1n) is 7.38. The van der Waals surface area contributed by atoms with Crippen LogP contribution in [0.15, 0.2) is 5.10 Å². The van der Waals surface area contributed by atoms with E-state index in [-0.39, 0.29) is 24.1 Å². The summed E-state index contributed by atoms with van der Waals surface area (Å²) in [6, 6.07) is 0. The van der Waals surface area contributed by atoms with Crippen molar-refractivity contribution in [1.29, 1.82) is 0 Å². The van der Waals surface area contributed by atoms with Gasteiger partial charge in [0.2, 0.25) is 0 Å². The van der Waals surface area contributed by atoms with Crippen LogP contribution < -0.4 is 0 Å². The Labute approximate surface area is 129 Å². The molecular formula is C13H22N4O5.